The molecule has 92 valence electrons. The summed E-state index contributed by atoms with van der Waals surface area (Å²) < 4.78 is 5.21. The first-order valence-corrected chi connectivity index (χ1v) is 5.70. The molecule has 0 aliphatic heterocycles. The highest BCUT2D eigenvalue weighted by atomic mass is 16.5. The number of hydrogen-bond acceptors (Lipinski definition) is 5. The summed E-state index contributed by atoms with van der Waals surface area (Å²) in [4.78, 5) is 6.21. The van der Waals surface area contributed by atoms with Crippen molar-refractivity contribution in [3.63, 3.8) is 0 Å². The second-order valence-electron chi connectivity index (χ2n) is 4.46. The Kier molecular flexibility index (Phi) is 4.29. The van der Waals surface area contributed by atoms with Gasteiger partial charge in [0.15, 0.2) is 0 Å². The highest BCUT2D eigenvalue weighted by molar-refractivity contribution is 5.25. The SMILES string of the molecule is CCN(C)c1noc(C(C(C)C)C(C)O)n1. The molecule has 2 unspecified atom stereocenters. The van der Waals surface area contributed by atoms with Gasteiger partial charge in [-0.2, -0.15) is 4.98 Å². The molecule has 0 aliphatic carbocycles. The number of anilines is 1. The zero-order valence-electron chi connectivity index (χ0n) is 10.6. The van der Waals surface area contributed by atoms with Gasteiger partial charge in [-0.25, -0.2) is 0 Å². The van der Waals surface area contributed by atoms with Crippen molar-refractivity contribution in [3.05, 3.63) is 5.89 Å². The van der Waals surface area contributed by atoms with Gasteiger partial charge in [-0.15, -0.1) is 0 Å². The van der Waals surface area contributed by atoms with E-state index in [0.29, 0.717) is 11.8 Å². The van der Waals surface area contributed by atoms with Crippen molar-refractivity contribution in [1.82, 2.24) is 10.1 Å². The monoisotopic (exact) mass is 227 g/mol. The van der Waals surface area contributed by atoms with Gasteiger partial charge in [-0.05, 0) is 24.9 Å². The van der Waals surface area contributed by atoms with Gasteiger partial charge in [0.2, 0.25) is 5.89 Å². The molecule has 0 spiro atoms. The zero-order chi connectivity index (χ0) is 12.3. The number of aliphatic hydroxyl groups is 1. The van der Waals surface area contributed by atoms with Crippen LogP contribution in [-0.4, -0.2) is 34.9 Å². The lowest BCUT2D eigenvalue weighted by Gasteiger charge is -2.19. The van der Waals surface area contributed by atoms with E-state index in [9.17, 15) is 5.11 Å². The molecule has 2 atom stereocenters. The lowest BCUT2D eigenvalue weighted by Crippen LogP contribution is -2.21. The molecule has 0 bridgehead atoms. The Hall–Kier alpha value is -1.10. The maximum absolute atomic E-state index is 9.70. The summed E-state index contributed by atoms with van der Waals surface area (Å²) in [5.41, 5.74) is 0. The van der Waals surface area contributed by atoms with E-state index in [-0.39, 0.29) is 11.8 Å². The Bertz CT molecular complexity index is 315. The molecule has 5 nitrogen and oxygen atoms in total. The van der Waals surface area contributed by atoms with E-state index in [1.807, 2.05) is 32.7 Å². The number of nitrogens with zero attached hydrogens (tertiary/aromatic N) is 3. The summed E-state index contributed by atoms with van der Waals surface area (Å²) in [5.74, 6) is 1.25. The predicted octanol–water partition coefficient (Wildman–Crippen LogP) is 1.65. The van der Waals surface area contributed by atoms with Crippen LogP contribution in [-0.2, 0) is 0 Å². The van der Waals surface area contributed by atoms with Crippen molar-refractivity contribution >= 4 is 5.95 Å². The Labute approximate surface area is 96.5 Å². The van der Waals surface area contributed by atoms with Crippen LogP contribution in [0.25, 0.3) is 0 Å². The largest absolute Gasteiger partial charge is 0.393 e. The van der Waals surface area contributed by atoms with Crippen molar-refractivity contribution in [2.75, 3.05) is 18.5 Å². The molecule has 1 aromatic rings. The van der Waals surface area contributed by atoms with Crippen LogP contribution >= 0.6 is 0 Å². The number of aliphatic hydroxyl groups excluding tert-OH is 1. The van der Waals surface area contributed by atoms with Crippen LogP contribution in [0.4, 0.5) is 5.95 Å². The van der Waals surface area contributed by atoms with Gasteiger partial charge in [0.25, 0.3) is 5.95 Å². The number of aromatic nitrogens is 2. The zero-order valence-corrected chi connectivity index (χ0v) is 10.6. The van der Waals surface area contributed by atoms with Gasteiger partial charge in [0.05, 0.1) is 12.0 Å². The maximum atomic E-state index is 9.70. The molecule has 1 rings (SSSR count). The van der Waals surface area contributed by atoms with Crippen LogP contribution in [0.5, 0.6) is 0 Å². The third-order valence-corrected chi connectivity index (χ3v) is 2.77. The molecule has 0 radical (unpaired) electrons. The van der Waals surface area contributed by atoms with Crippen LogP contribution in [0.2, 0.25) is 0 Å². The first-order valence-electron chi connectivity index (χ1n) is 5.70. The Morgan fingerprint density at radius 2 is 2.00 bits per heavy atom. The van der Waals surface area contributed by atoms with Gasteiger partial charge >= 0.3 is 0 Å². The number of rotatable bonds is 5. The van der Waals surface area contributed by atoms with Crippen LogP contribution in [0.3, 0.4) is 0 Å². The lowest BCUT2D eigenvalue weighted by molar-refractivity contribution is 0.120. The summed E-state index contributed by atoms with van der Waals surface area (Å²) in [6, 6.07) is 0. The van der Waals surface area contributed by atoms with E-state index in [2.05, 4.69) is 10.1 Å². The Balaban J connectivity index is 2.90. The highest BCUT2D eigenvalue weighted by Gasteiger charge is 2.27. The topological polar surface area (TPSA) is 62.4 Å². The summed E-state index contributed by atoms with van der Waals surface area (Å²) in [5, 5.41) is 13.6. The molecule has 0 amide bonds. The number of hydrogen-bond donors (Lipinski definition) is 1. The van der Waals surface area contributed by atoms with Crippen molar-refractivity contribution in [2.45, 2.75) is 39.7 Å². The highest BCUT2D eigenvalue weighted by Crippen LogP contribution is 2.27. The van der Waals surface area contributed by atoms with Crippen molar-refractivity contribution in [1.29, 1.82) is 0 Å². The minimum absolute atomic E-state index is 0.105. The second kappa shape index (κ2) is 5.30. The molecule has 16 heavy (non-hydrogen) atoms. The van der Waals surface area contributed by atoms with Crippen molar-refractivity contribution in [3.8, 4) is 0 Å². The van der Waals surface area contributed by atoms with Gasteiger partial charge in [0, 0.05) is 13.6 Å². The second-order valence-corrected chi connectivity index (χ2v) is 4.46. The molecule has 1 N–H and O–H groups in total. The van der Waals surface area contributed by atoms with Gasteiger partial charge in [0.1, 0.15) is 0 Å². The maximum Gasteiger partial charge on any atom is 0.265 e. The molecule has 1 heterocycles. The van der Waals surface area contributed by atoms with E-state index in [1.54, 1.807) is 6.92 Å². The quantitative estimate of drug-likeness (QED) is 0.828. The average Bonchev–Trinajstić information content (AvgIpc) is 2.64. The van der Waals surface area contributed by atoms with Crippen molar-refractivity contribution in [2.24, 2.45) is 5.92 Å². The molecule has 0 aliphatic rings. The fraction of sp³-hybridized carbons (Fsp3) is 0.818. The van der Waals surface area contributed by atoms with Gasteiger partial charge in [-0.1, -0.05) is 13.8 Å². The van der Waals surface area contributed by atoms with Crippen LogP contribution in [0.15, 0.2) is 4.52 Å². The smallest absolute Gasteiger partial charge is 0.265 e. The fourth-order valence-electron chi connectivity index (χ4n) is 1.71. The third-order valence-electron chi connectivity index (χ3n) is 2.77. The summed E-state index contributed by atoms with van der Waals surface area (Å²) >= 11 is 0. The van der Waals surface area contributed by atoms with E-state index < -0.39 is 6.10 Å². The average molecular weight is 227 g/mol. The molecule has 5 heteroatoms. The minimum Gasteiger partial charge on any atom is -0.393 e. The Morgan fingerprint density at radius 3 is 2.44 bits per heavy atom. The van der Waals surface area contributed by atoms with Crippen LogP contribution in [0, 0.1) is 5.92 Å². The normalized spacial score (nSPS) is 15.2. The van der Waals surface area contributed by atoms with E-state index in [4.69, 9.17) is 4.52 Å². The molecule has 1 aromatic heterocycles. The Morgan fingerprint density at radius 1 is 1.38 bits per heavy atom. The van der Waals surface area contributed by atoms with E-state index in [0.717, 1.165) is 6.54 Å². The molecule has 0 saturated heterocycles. The van der Waals surface area contributed by atoms with Gasteiger partial charge in [-0.3, -0.25) is 0 Å². The third kappa shape index (κ3) is 2.72. The van der Waals surface area contributed by atoms with Crippen molar-refractivity contribution < 1.29 is 9.63 Å². The first-order chi connectivity index (χ1) is 7.47. The van der Waals surface area contributed by atoms with Crippen LogP contribution in [0.1, 0.15) is 39.5 Å². The predicted molar refractivity (Wildman–Crippen MR) is 62.5 cm³/mol. The van der Waals surface area contributed by atoms with E-state index in [1.165, 1.54) is 0 Å². The summed E-state index contributed by atoms with van der Waals surface area (Å²) in [6.45, 7) is 8.65. The first kappa shape index (κ1) is 13.0. The summed E-state index contributed by atoms with van der Waals surface area (Å²) in [7, 11) is 1.90. The summed E-state index contributed by atoms with van der Waals surface area (Å²) in [6.07, 6.45) is -0.486. The molecular weight excluding hydrogens is 206 g/mol. The van der Waals surface area contributed by atoms with Crippen LogP contribution < -0.4 is 4.90 Å². The molecular formula is C11H21N3O2. The molecule has 0 saturated carbocycles. The fourth-order valence-corrected chi connectivity index (χ4v) is 1.71. The van der Waals surface area contributed by atoms with E-state index >= 15 is 0 Å². The molecule has 0 aromatic carbocycles. The minimum atomic E-state index is -0.486. The van der Waals surface area contributed by atoms with Gasteiger partial charge < -0.3 is 14.5 Å². The standard InChI is InChI=1S/C11H21N3O2/c1-6-14(5)11-12-10(16-13-11)9(7(2)3)8(4)15/h7-9,15H,6H2,1-5H3. The molecule has 0 fully saturated rings. The lowest BCUT2D eigenvalue weighted by atomic mass is 9.91.